The van der Waals surface area contributed by atoms with Gasteiger partial charge in [-0.15, -0.1) is 0 Å². The molecule has 0 aliphatic carbocycles. The first-order chi connectivity index (χ1) is 17.5. The summed E-state index contributed by atoms with van der Waals surface area (Å²) in [6.45, 7) is 4.37. The number of likely N-dealkylation sites (N-methyl/N-ethyl adjacent to an activating group) is 1. The first-order valence-electron chi connectivity index (χ1n) is 11.7. The smallest absolute Gasteiger partial charge is 0.413 e. The zero-order valence-electron chi connectivity index (χ0n) is 20.1. The van der Waals surface area contributed by atoms with Gasteiger partial charge in [-0.05, 0) is 36.8 Å². The number of nitrogens with one attached hydrogen (secondary N) is 2. The van der Waals surface area contributed by atoms with E-state index in [0.29, 0.717) is 31.0 Å². The van der Waals surface area contributed by atoms with Gasteiger partial charge < -0.3 is 14.6 Å². The number of aromatic nitrogens is 5. The number of carbonyl (C=O) groups excluding carboxylic acids is 2. The van der Waals surface area contributed by atoms with E-state index in [2.05, 4.69) is 30.2 Å². The SMILES string of the molecule is CCOC(=O)Nc1nc2cc(-c3cnc(CN4CCN(C)C(=O)C4)nc3)cc(-c3ccccn3)c2[nH]1. The number of aromatic amines is 1. The van der Waals surface area contributed by atoms with Gasteiger partial charge in [-0.25, -0.2) is 19.7 Å². The number of anilines is 1. The Kier molecular flexibility index (Phi) is 6.54. The Balaban J connectivity index is 1.45. The van der Waals surface area contributed by atoms with E-state index in [0.717, 1.165) is 34.4 Å². The molecular weight excluding hydrogens is 460 g/mol. The van der Waals surface area contributed by atoms with Gasteiger partial charge in [0.1, 0.15) is 5.82 Å². The highest BCUT2D eigenvalue weighted by molar-refractivity contribution is 5.97. The molecule has 0 atom stereocenters. The van der Waals surface area contributed by atoms with Crippen LogP contribution in [0.5, 0.6) is 0 Å². The molecule has 2 N–H and O–H groups in total. The number of fused-ring (bicyclic) bond motifs is 1. The number of amides is 2. The first-order valence-corrected chi connectivity index (χ1v) is 11.7. The maximum Gasteiger partial charge on any atom is 0.413 e. The number of benzene rings is 1. The largest absolute Gasteiger partial charge is 0.450 e. The Morgan fingerprint density at radius 1 is 1.14 bits per heavy atom. The Bertz CT molecular complexity index is 1390. The molecule has 0 bridgehead atoms. The molecule has 2 amide bonds. The van der Waals surface area contributed by atoms with E-state index in [1.54, 1.807) is 30.4 Å². The van der Waals surface area contributed by atoms with Crippen LogP contribution < -0.4 is 5.32 Å². The number of H-pyrrole nitrogens is 1. The van der Waals surface area contributed by atoms with Crippen molar-refractivity contribution in [2.45, 2.75) is 13.5 Å². The first kappa shape index (κ1) is 23.4. The van der Waals surface area contributed by atoms with Crippen LogP contribution in [0.25, 0.3) is 33.4 Å². The summed E-state index contributed by atoms with van der Waals surface area (Å²) in [5.41, 5.74) is 4.65. The summed E-state index contributed by atoms with van der Waals surface area (Å²) in [6, 6.07) is 9.58. The van der Waals surface area contributed by atoms with Crippen LogP contribution in [0.2, 0.25) is 0 Å². The molecule has 4 heterocycles. The minimum absolute atomic E-state index is 0.101. The molecule has 1 aliphatic rings. The summed E-state index contributed by atoms with van der Waals surface area (Å²) in [6.07, 6.45) is 4.69. The normalized spacial score (nSPS) is 14.3. The summed E-state index contributed by atoms with van der Waals surface area (Å²) in [5.74, 6) is 1.04. The lowest BCUT2D eigenvalue weighted by Crippen LogP contribution is -2.48. The van der Waals surface area contributed by atoms with Crippen LogP contribution in [-0.2, 0) is 16.1 Å². The highest BCUT2D eigenvalue weighted by Gasteiger charge is 2.21. The molecule has 3 aromatic heterocycles. The lowest BCUT2D eigenvalue weighted by Gasteiger charge is -2.31. The number of pyridine rings is 1. The van der Waals surface area contributed by atoms with Crippen LogP contribution in [0.4, 0.5) is 10.7 Å². The lowest BCUT2D eigenvalue weighted by molar-refractivity contribution is -0.134. The van der Waals surface area contributed by atoms with Crippen LogP contribution in [0.3, 0.4) is 0 Å². The molecule has 1 aromatic carbocycles. The second kappa shape index (κ2) is 10.1. The standard InChI is InChI=1S/C25H26N8O3/c1-3-36-25(35)31-24-29-20-11-16(10-18(23(20)30-24)19-6-4-5-7-26-19)17-12-27-21(28-13-17)14-33-9-8-32(2)22(34)15-33/h4-7,10-13H,3,8-9,14-15H2,1-2H3,(H2,29,30,31,35). The fourth-order valence-electron chi connectivity index (χ4n) is 4.05. The number of piperazine rings is 1. The van der Waals surface area contributed by atoms with E-state index in [1.807, 2.05) is 42.3 Å². The Morgan fingerprint density at radius 2 is 1.97 bits per heavy atom. The second-order valence-corrected chi connectivity index (χ2v) is 8.48. The van der Waals surface area contributed by atoms with E-state index in [-0.39, 0.29) is 18.5 Å². The molecule has 5 rings (SSSR count). The number of carbonyl (C=O) groups is 2. The van der Waals surface area contributed by atoms with Gasteiger partial charge in [0.25, 0.3) is 0 Å². The van der Waals surface area contributed by atoms with E-state index < -0.39 is 6.09 Å². The maximum absolute atomic E-state index is 12.0. The number of hydrogen-bond donors (Lipinski definition) is 2. The van der Waals surface area contributed by atoms with Crippen molar-refractivity contribution in [3.63, 3.8) is 0 Å². The molecule has 184 valence electrons. The summed E-state index contributed by atoms with van der Waals surface area (Å²) in [4.78, 5) is 48.9. The van der Waals surface area contributed by atoms with Gasteiger partial charge in [-0.2, -0.15) is 0 Å². The van der Waals surface area contributed by atoms with Crippen LogP contribution in [0.1, 0.15) is 12.7 Å². The van der Waals surface area contributed by atoms with Gasteiger partial charge in [-0.3, -0.25) is 20.0 Å². The van der Waals surface area contributed by atoms with Crippen LogP contribution >= 0.6 is 0 Å². The highest BCUT2D eigenvalue weighted by atomic mass is 16.5. The maximum atomic E-state index is 12.0. The molecular formula is C25H26N8O3. The number of ether oxygens (including phenoxy) is 1. The number of hydrogen-bond acceptors (Lipinski definition) is 8. The number of imidazole rings is 1. The van der Waals surface area contributed by atoms with Crippen molar-refractivity contribution in [3.8, 4) is 22.4 Å². The Morgan fingerprint density at radius 3 is 2.69 bits per heavy atom. The molecule has 0 spiro atoms. The molecule has 11 nitrogen and oxygen atoms in total. The summed E-state index contributed by atoms with van der Waals surface area (Å²) in [5, 5.41) is 2.62. The van der Waals surface area contributed by atoms with Crippen molar-refractivity contribution in [1.29, 1.82) is 0 Å². The molecule has 11 heteroatoms. The molecule has 0 unspecified atom stereocenters. The van der Waals surface area contributed by atoms with E-state index in [9.17, 15) is 9.59 Å². The molecule has 4 aromatic rings. The molecule has 1 aliphatic heterocycles. The average Bonchev–Trinajstić information content (AvgIpc) is 3.29. The van der Waals surface area contributed by atoms with Crippen LogP contribution in [0, 0.1) is 0 Å². The van der Waals surface area contributed by atoms with Gasteiger partial charge in [-0.1, -0.05) is 6.07 Å². The predicted molar refractivity (Wildman–Crippen MR) is 134 cm³/mol. The second-order valence-electron chi connectivity index (χ2n) is 8.48. The zero-order chi connectivity index (χ0) is 25.1. The third kappa shape index (κ3) is 5.01. The highest BCUT2D eigenvalue weighted by Crippen LogP contribution is 2.32. The molecule has 1 fully saturated rings. The molecule has 0 radical (unpaired) electrons. The predicted octanol–water partition coefficient (Wildman–Crippen LogP) is 2.92. The van der Waals surface area contributed by atoms with Crippen molar-refractivity contribution >= 4 is 29.0 Å². The number of rotatable bonds is 6. The van der Waals surface area contributed by atoms with Gasteiger partial charge >= 0.3 is 6.09 Å². The van der Waals surface area contributed by atoms with Crippen molar-refractivity contribution in [3.05, 3.63) is 54.7 Å². The molecule has 36 heavy (non-hydrogen) atoms. The molecule has 0 saturated carbocycles. The topological polar surface area (TPSA) is 129 Å². The monoisotopic (exact) mass is 486 g/mol. The molecule has 1 saturated heterocycles. The summed E-state index contributed by atoms with van der Waals surface area (Å²) < 4.78 is 4.96. The average molecular weight is 487 g/mol. The van der Waals surface area contributed by atoms with Crippen LogP contribution in [0.15, 0.2) is 48.9 Å². The minimum Gasteiger partial charge on any atom is -0.450 e. The van der Waals surface area contributed by atoms with Gasteiger partial charge in [0.05, 0.1) is 36.4 Å². The summed E-state index contributed by atoms with van der Waals surface area (Å²) in [7, 11) is 1.82. The number of nitrogens with zero attached hydrogens (tertiary/aromatic N) is 6. The van der Waals surface area contributed by atoms with E-state index >= 15 is 0 Å². The third-order valence-electron chi connectivity index (χ3n) is 5.97. The van der Waals surface area contributed by atoms with Crippen molar-refractivity contribution in [1.82, 2.24) is 34.7 Å². The summed E-state index contributed by atoms with van der Waals surface area (Å²) >= 11 is 0. The third-order valence-corrected chi connectivity index (χ3v) is 5.97. The fourth-order valence-corrected chi connectivity index (χ4v) is 4.05. The Labute approximate surface area is 207 Å². The lowest BCUT2D eigenvalue weighted by atomic mass is 10.0. The quantitative estimate of drug-likeness (QED) is 0.426. The van der Waals surface area contributed by atoms with Crippen LogP contribution in [-0.4, -0.2) is 80.0 Å². The van der Waals surface area contributed by atoms with Crippen molar-refractivity contribution in [2.75, 3.05) is 38.6 Å². The van der Waals surface area contributed by atoms with E-state index in [4.69, 9.17) is 4.74 Å². The Hall–Kier alpha value is -4.38. The van der Waals surface area contributed by atoms with Gasteiger partial charge in [0.15, 0.2) is 0 Å². The van der Waals surface area contributed by atoms with Gasteiger partial charge in [0, 0.05) is 49.9 Å². The fraction of sp³-hybridized carbons (Fsp3) is 0.280. The van der Waals surface area contributed by atoms with E-state index in [1.165, 1.54) is 0 Å². The van der Waals surface area contributed by atoms with Gasteiger partial charge in [0.2, 0.25) is 11.9 Å². The minimum atomic E-state index is -0.581. The van der Waals surface area contributed by atoms with Crippen molar-refractivity contribution < 1.29 is 14.3 Å². The zero-order valence-corrected chi connectivity index (χ0v) is 20.1. The van der Waals surface area contributed by atoms with Crippen molar-refractivity contribution in [2.24, 2.45) is 0 Å².